The number of hydrogen-bond acceptors (Lipinski definition) is 11. The van der Waals surface area contributed by atoms with Gasteiger partial charge in [-0.3, -0.25) is 14.2 Å². The molecule has 1 amide bonds. The van der Waals surface area contributed by atoms with Gasteiger partial charge in [0.15, 0.2) is 23.0 Å². The Labute approximate surface area is 361 Å². The first-order chi connectivity index (χ1) is 29.1. The summed E-state index contributed by atoms with van der Waals surface area (Å²) < 4.78 is 26.4. The van der Waals surface area contributed by atoms with E-state index in [1.165, 1.54) is 5.56 Å². The van der Waals surface area contributed by atoms with Crippen molar-refractivity contribution in [2.75, 3.05) is 43.0 Å². The second-order valence-corrected chi connectivity index (χ2v) is 19.9. The summed E-state index contributed by atoms with van der Waals surface area (Å²) in [6.07, 6.45) is 3.51. The molecule has 0 spiro atoms. The van der Waals surface area contributed by atoms with Gasteiger partial charge in [0.25, 0.3) is 11.5 Å². The zero-order valence-electron chi connectivity index (χ0n) is 34.2. The Hall–Kier alpha value is -5.24. The fourth-order valence-electron chi connectivity index (χ4n) is 8.42. The van der Waals surface area contributed by atoms with Gasteiger partial charge in [0, 0.05) is 47.0 Å². The molecule has 3 aliphatic rings. The molecule has 0 saturated carbocycles. The number of anilines is 2. The Kier molecular flexibility index (Phi) is 11.2. The van der Waals surface area contributed by atoms with Crippen LogP contribution in [0.2, 0.25) is 0 Å². The highest BCUT2D eigenvalue weighted by Gasteiger charge is 2.38. The smallest absolute Gasteiger partial charge is 0.266 e. The number of aromatic nitrogens is 2. The lowest BCUT2D eigenvalue weighted by Crippen LogP contribution is -2.39. The van der Waals surface area contributed by atoms with Gasteiger partial charge in [-0.1, -0.05) is 70.1 Å². The number of carbonyl (C=O) groups excluding carboxylic acids is 1. The summed E-state index contributed by atoms with van der Waals surface area (Å²) in [5.74, 6) is 4.47. The number of thioether (sulfide) groups is 1. The quantitative estimate of drug-likeness (QED) is 0.106. The maximum absolute atomic E-state index is 14.0. The minimum atomic E-state index is -0.127. The number of nitrogens with one attached hydrogen (secondary N) is 1. The van der Waals surface area contributed by atoms with Crippen molar-refractivity contribution in [2.45, 2.75) is 56.4 Å². The zero-order valence-corrected chi connectivity index (χ0v) is 36.7. The van der Waals surface area contributed by atoms with Gasteiger partial charge in [-0.25, -0.2) is 4.98 Å². The maximum atomic E-state index is 14.0. The van der Waals surface area contributed by atoms with Crippen molar-refractivity contribution in [2.24, 2.45) is 0 Å². The van der Waals surface area contributed by atoms with Gasteiger partial charge in [0.2, 0.25) is 0 Å². The molecule has 10 nitrogen and oxygen atoms in total. The topological polar surface area (TPSA) is 104 Å². The summed E-state index contributed by atoms with van der Waals surface area (Å²) in [6, 6.07) is 29.7. The van der Waals surface area contributed by atoms with E-state index in [1.54, 1.807) is 47.8 Å². The fourth-order valence-corrected chi connectivity index (χ4v) is 12.1. The normalized spacial score (nSPS) is 15.1. The molecule has 0 aliphatic carbocycles. The van der Waals surface area contributed by atoms with Crippen LogP contribution < -0.4 is 34.7 Å². The van der Waals surface area contributed by atoms with E-state index < -0.39 is 0 Å². The van der Waals surface area contributed by atoms with Gasteiger partial charge in [0.05, 0.1) is 48.1 Å². The average Bonchev–Trinajstić information content (AvgIpc) is 3.78. The summed E-state index contributed by atoms with van der Waals surface area (Å²) in [5.41, 5.74) is 8.90. The Morgan fingerprint density at radius 2 is 1.47 bits per heavy atom. The number of hydrogen-bond donors (Lipinski definition) is 1. The maximum Gasteiger partial charge on any atom is 0.266 e. The number of rotatable bonds is 14. The number of para-hydroxylation sites is 2. The molecule has 60 heavy (non-hydrogen) atoms. The standard InChI is InChI=1S/C47H46N4O6S3/c1-47(2,60-58-5)27-59-26-30-15-28(24-56-42-21-36-34(19-40(42)54-3)45(52)50-33(23-48-36)17-31-10-6-8-12-38(31)50)14-29(16-30)25-57-43-22-37-35(20-41(43)55-4)46(53)51-39-13-9-7-11-32(39)18-44(51)49-37/h6-16,19-22,33,48H,17-18,23-27H2,1-5H3/t33-/m0/s1. The number of amides is 1. The molecule has 1 aromatic heterocycles. The van der Waals surface area contributed by atoms with Crippen molar-refractivity contribution >= 4 is 61.5 Å². The lowest BCUT2D eigenvalue weighted by molar-refractivity contribution is 0.0983. The third kappa shape index (κ3) is 7.78. The van der Waals surface area contributed by atoms with Crippen LogP contribution in [-0.2, 0) is 31.8 Å². The summed E-state index contributed by atoms with van der Waals surface area (Å²) in [7, 11) is 6.86. The number of nitrogens with zero attached hydrogens (tertiary/aromatic N) is 3. The van der Waals surface area contributed by atoms with Crippen LogP contribution in [-0.4, -0.2) is 59.0 Å². The molecule has 4 heterocycles. The largest absolute Gasteiger partial charge is 0.493 e. The molecule has 1 atom stereocenters. The van der Waals surface area contributed by atoms with Crippen molar-refractivity contribution in [3.05, 3.63) is 141 Å². The van der Waals surface area contributed by atoms with Gasteiger partial charge in [-0.15, -0.1) is 0 Å². The second kappa shape index (κ2) is 16.7. The molecule has 0 radical (unpaired) electrons. The first-order valence-electron chi connectivity index (χ1n) is 19.9. The lowest BCUT2D eigenvalue weighted by Gasteiger charge is -2.23. The van der Waals surface area contributed by atoms with Gasteiger partial charge in [0.1, 0.15) is 19.0 Å². The van der Waals surface area contributed by atoms with Crippen molar-refractivity contribution in [1.82, 2.24) is 9.55 Å². The molecule has 6 aromatic rings. The Morgan fingerprint density at radius 1 is 0.800 bits per heavy atom. The molecule has 1 N–H and O–H groups in total. The van der Waals surface area contributed by atoms with Crippen LogP contribution >= 0.6 is 33.3 Å². The van der Waals surface area contributed by atoms with Crippen LogP contribution in [0, 0.1) is 0 Å². The van der Waals surface area contributed by atoms with E-state index in [9.17, 15) is 9.59 Å². The van der Waals surface area contributed by atoms with E-state index in [1.807, 2.05) is 76.0 Å². The molecule has 0 bridgehead atoms. The predicted octanol–water partition coefficient (Wildman–Crippen LogP) is 9.49. The molecule has 0 saturated heterocycles. The number of carbonyl (C=O) groups is 1. The molecule has 3 aliphatic heterocycles. The van der Waals surface area contributed by atoms with E-state index >= 15 is 0 Å². The van der Waals surface area contributed by atoms with Gasteiger partial charge in [-0.2, -0.15) is 11.8 Å². The number of methoxy groups -OCH3 is 2. The third-order valence-electron chi connectivity index (χ3n) is 11.1. The van der Waals surface area contributed by atoms with E-state index in [-0.39, 0.29) is 35.5 Å². The van der Waals surface area contributed by atoms with Crippen molar-refractivity contribution in [3.8, 4) is 28.7 Å². The fraction of sp³-hybridized carbons (Fsp3) is 0.298. The minimum Gasteiger partial charge on any atom is -0.493 e. The van der Waals surface area contributed by atoms with Crippen molar-refractivity contribution < 1.29 is 23.7 Å². The van der Waals surface area contributed by atoms with E-state index in [0.717, 1.165) is 57.2 Å². The zero-order chi connectivity index (χ0) is 41.5. The van der Waals surface area contributed by atoms with Crippen LogP contribution in [0.25, 0.3) is 16.6 Å². The molecule has 5 aromatic carbocycles. The highest BCUT2D eigenvalue weighted by Crippen LogP contribution is 2.41. The van der Waals surface area contributed by atoms with Crippen LogP contribution in [0.4, 0.5) is 11.4 Å². The molecular weight excluding hydrogens is 813 g/mol. The SMILES string of the molecule is COc1cc2c(cc1OCc1cc(COc3cc4nc5n(c(=O)c4cc3OC)-c3ccccc3C5)cc(CSCC(C)(C)SSC)c1)NC[C@@H]1Cc3ccccc3N1C2=O. The number of fused-ring (bicyclic) bond motifs is 8. The molecule has 13 heteroatoms. The minimum absolute atomic E-state index is 0.0244. The lowest BCUT2D eigenvalue weighted by atomic mass is 10.1. The average molecular weight is 859 g/mol. The van der Waals surface area contributed by atoms with Crippen LogP contribution in [0.5, 0.6) is 23.0 Å². The molecule has 0 unspecified atom stereocenters. The Morgan fingerprint density at radius 3 is 2.20 bits per heavy atom. The van der Waals surface area contributed by atoms with Crippen LogP contribution in [0.3, 0.4) is 0 Å². The Bertz CT molecular complexity index is 2700. The van der Waals surface area contributed by atoms with E-state index in [0.29, 0.717) is 58.3 Å². The van der Waals surface area contributed by atoms with Gasteiger partial charge >= 0.3 is 0 Å². The molecule has 308 valence electrons. The second-order valence-electron chi connectivity index (χ2n) is 15.8. The van der Waals surface area contributed by atoms with Crippen LogP contribution in [0.15, 0.2) is 95.8 Å². The Balaban J connectivity index is 0.977. The van der Waals surface area contributed by atoms with Crippen LogP contribution in [0.1, 0.15) is 57.8 Å². The number of benzene rings is 5. The first-order valence-corrected chi connectivity index (χ1v) is 23.6. The third-order valence-corrected chi connectivity index (χ3v) is 15.3. The van der Waals surface area contributed by atoms with Gasteiger partial charge in [-0.05, 0) is 84.7 Å². The summed E-state index contributed by atoms with van der Waals surface area (Å²) in [5, 5.41) is 4.00. The van der Waals surface area contributed by atoms with E-state index in [4.69, 9.17) is 23.9 Å². The monoisotopic (exact) mass is 858 g/mol. The van der Waals surface area contributed by atoms with Crippen molar-refractivity contribution in [1.29, 1.82) is 0 Å². The highest BCUT2D eigenvalue weighted by atomic mass is 33.1. The summed E-state index contributed by atoms with van der Waals surface area (Å²) >= 11 is 1.90. The first kappa shape index (κ1) is 40.2. The highest BCUT2D eigenvalue weighted by molar-refractivity contribution is 8.77. The molecule has 9 rings (SSSR count). The van der Waals surface area contributed by atoms with Crippen molar-refractivity contribution in [3.63, 3.8) is 0 Å². The summed E-state index contributed by atoms with van der Waals surface area (Å²) in [6.45, 7) is 5.70. The number of ether oxygens (including phenoxy) is 4. The van der Waals surface area contributed by atoms with E-state index in [2.05, 4.69) is 49.7 Å². The van der Waals surface area contributed by atoms with Gasteiger partial charge < -0.3 is 29.2 Å². The summed E-state index contributed by atoms with van der Waals surface area (Å²) in [4.78, 5) is 34.6. The molecule has 0 fully saturated rings. The molecular formula is C47H46N4O6S3. The predicted molar refractivity (Wildman–Crippen MR) is 245 cm³/mol.